The molecule has 14 heavy (non-hydrogen) atoms. The summed E-state index contributed by atoms with van der Waals surface area (Å²) < 4.78 is 1.89. The number of rotatable bonds is 2. The second-order valence-electron chi connectivity index (χ2n) is 4.40. The number of nitrogens with zero attached hydrogens (tertiary/aromatic N) is 2. The van der Waals surface area contributed by atoms with Gasteiger partial charge in [0.1, 0.15) is 0 Å². The van der Waals surface area contributed by atoms with Crippen molar-refractivity contribution >= 4 is 0 Å². The fourth-order valence-electron chi connectivity index (χ4n) is 2.38. The van der Waals surface area contributed by atoms with Gasteiger partial charge in [-0.3, -0.25) is 4.68 Å². The van der Waals surface area contributed by atoms with Crippen LogP contribution in [0.3, 0.4) is 0 Å². The molecule has 1 aromatic rings. The second-order valence-corrected chi connectivity index (χ2v) is 4.40. The van der Waals surface area contributed by atoms with Crippen LogP contribution < -0.4 is 5.73 Å². The van der Waals surface area contributed by atoms with Crippen molar-refractivity contribution in [2.24, 2.45) is 18.7 Å². The van der Waals surface area contributed by atoms with Crippen LogP contribution in [0, 0.1) is 5.92 Å². The molecule has 3 nitrogen and oxygen atoms in total. The lowest BCUT2D eigenvalue weighted by molar-refractivity contribution is 0.332. The van der Waals surface area contributed by atoms with Gasteiger partial charge in [-0.15, -0.1) is 0 Å². The van der Waals surface area contributed by atoms with E-state index in [9.17, 15) is 0 Å². The lowest BCUT2D eigenvalue weighted by Crippen LogP contribution is -2.20. The summed E-state index contributed by atoms with van der Waals surface area (Å²) in [5, 5.41) is 4.22. The maximum absolute atomic E-state index is 5.68. The fourth-order valence-corrected chi connectivity index (χ4v) is 2.38. The van der Waals surface area contributed by atoms with E-state index in [2.05, 4.69) is 11.3 Å². The van der Waals surface area contributed by atoms with E-state index in [4.69, 9.17) is 5.73 Å². The van der Waals surface area contributed by atoms with Gasteiger partial charge in [0.25, 0.3) is 0 Å². The predicted octanol–water partition coefficient (Wildman–Crippen LogP) is 1.65. The molecular weight excluding hydrogens is 174 g/mol. The quantitative estimate of drug-likeness (QED) is 0.776. The monoisotopic (exact) mass is 193 g/mol. The normalized spacial score (nSPS) is 27.9. The molecule has 1 saturated carbocycles. The Hall–Kier alpha value is -0.830. The first kappa shape index (κ1) is 9.71. The summed E-state index contributed by atoms with van der Waals surface area (Å²) in [7, 11) is 1.98. The number of aromatic nitrogens is 2. The molecule has 0 bridgehead atoms. The molecule has 0 spiro atoms. The number of hydrogen-bond acceptors (Lipinski definition) is 2. The maximum atomic E-state index is 5.68. The molecule has 1 aromatic heterocycles. The summed E-state index contributed by atoms with van der Waals surface area (Å²) in [5.41, 5.74) is 7.08. The van der Waals surface area contributed by atoms with Crippen LogP contribution in [0.25, 0.3) is 0 Å². The molecule has 0 unspecified atom stereocenters. The van der Waals surface area contributed by atoms with E-state index in [0.29, 0.717) is 0 Å². The van der Waals surface area contributed by atoms with Crippen molar-refractivity contribution in [3.05, 3.63) is 18.0 Å². The minimum Gasteiger partial charge on any atom is -0.330 e. The van der Waals surface area contributed by atoms with Gasteiger partial charge in [0.05, 0.1) is 6.20 Å². The molecule has 1 fully saturated rings. The largest absolute Gasteiger partial charge is 0.330 e. The van der Waals surface area contributed by atoms with Crippen LogP contribution in [0.1, 0.15) is 37.2 Å². The summed E-state index contributed by atoms with van der Waals surface area (Å²) in [6, 6.07) is 0. The Balaban J connectivity index is 1.95. The first-order chi connectivity index (χ1) is 6.79. The summed E-state index contributed by atoms with van der Waals surface area (Å²) in [6.07, 6.45) is 9.30. The van der Waals surface area contributed by atoms with E-state index < -0.39 is 0 Å². The molecule has 1 heterocycles. The predicted molar refractivity (Wildman–Crippen MR) is 57.0 cm³/mol. The second kappa shape index (κ2) is 4.13. The zero-order chi connectivity index (χ0) is 9.97. The Labute approximate surface area is 85.3 Å². The molecule has 2 N–H and O–H groups in total. The molecule has 2 rings (SSSR count). The average Bonchev–Trinajstić information content (AvgIpc) is 2.65. The topological polar surface area (TPSA) is 43.8 Å². The van der Waals surface area contributed by atoms with Gasteiger partial charge in [0, 0.05) is 13.2 Å². The maximum Gasteiger partial charge on any atom is 0.0524 e. The van der Waals surface area contributed by atoms with Gasteiger partial charge < -0.3 is 5.73 Å². The highest BCUT2D eigenvalue weighted by Crippen LogP contribution is 2.34. The number of aryl methyl sites for hydroxylation is 1. The van der Waals surface area contributed by atoms with Gasteiger partial charge >= 0.3 is 0 Å². The molecule has 78 valence electrons. The van der Waals surface area contributed by atoms with E-state index in [1.165, 1.54) is 31.2 Å². The van der Waals surface area contributed by atoms with Crippen molar-refractivity contribution in [1.29, 1.82) is 0 Å². The highest BCUT2D eigenvalue weighted by atomic mass is 15.2. The van der Waals surface area contributed by atoms with Crippen LogP contribution in [0.15, 0.2) is 12.4 Å². The van der Waals surface area contributed by atoms with Crippen molar-refractivity contribution < 1.29 is 0 Å². The van der Waals surface area contributed by atoms with Gasteiger partial charge in [0.2, 0.25) is 0 Å². The van der Waals surface area contributed by atoms with Crippen molar-refractivity contribution in [2.75, 3.05) is 6.54 Å². The molecule has 0 radical (unpaired) electrons. The van der Waals surface area contributed by atoms with Gasteiger partial charge in [-0.1, -0.05) is 0 Å². The summed E-state index contributed by atoms with van der Waals surface area (Å²) in [4.78, 5) is 0. The third kappa shape index (κ3) is 1.98. The van der Waals surface area contributed by atoms with Crippen LogP contribution in [-0.4, -0.2) is 16.3 Å². The lowest BCUT2D eigenvalue weighted by Gasteiger charge is -2.26. The van der Waals surface area contributed by atoms with Gasteiger partial charge in [-0.2, -0.15) is 5.10 Å². The SMILES string of the molecule is Cn1cc(C2CCC(CN)CC2)cn1. The van der Waals surface area contributed by atoms with Crippen LogP contribution in [0.4, 0.5) is 0 Å². The molecule has 1 aliphatic carbocycles. The van der Waals surface area contributed by atoms with Crippen LogP contribution in [-0.2, 0) is 7.05 Å². The van der Waals surface area contributed by atoms with Gasteiger partial charge in [-0.25, -0.2) is 0 Å². The van der Waals surface area contributed by atoms with E-state index in [0.717, 1.165) is 18.4 Å². The molecule has 1 aliphatic rings. The van der Waals surface area contributed by atoms with Crippen LogP contribution >= 0.6 is 0 Å². The Morgan fingerprint density at radius 2 is 2.14 bits per heavy atom. The van der Waals surface area contributed by atoms with Gasteiger partial charge in [0.15, 0.2) is 0 Å². The van der Waals surface area contributed by atoms with Crippen LogP contribution in [0.2, 0.25) is 0 Å². The number of nitrogens with two attached hydrogens (primary N) is 1. The van der Waals surface area contributed by atoms with Crippen molar-refractivity contribution in [3.63, 3.8) is 0 Å². The molecule has 0 aromatic carbocycles. The molecule has 3 heteroatoms. The zero-order valence-electron chi connectivity index (χ0n) is 8.82. The first-order valence-corrected chi connectivity index (χ1v) is 5.48. The third-order valence-electron chi connectivity index (χ3n) is 3.38. The van der Waals surface area contributed by atoms with Crippen molar-refractivity contribution in [1.82, 2.24) is 9.78 Å². The van der Waals surface area contributed by atoms with Crippen molar-refractivity contribution in [3.8, 4) is 0 Å². The van der Waals surface area contributed by atoms with E-state index in [1.54, 1.807) is 0 Å². The summed E-state index contributed by atoms with van der Waals surface area (Å²) in [6.45, 7) is 0.861. The Bertz CT molecular complexity index is 284. The highest BCUT2D eigenvalue weighted by Gasteiger charge is 2.21. The highest BCUT2D eigenvalue weighted by molar-refractivity contribution is 5.11. The molecule has 0 saturated heterocycles. The minimum atomic E-state index is 0.728. The number of hydrogen-bond donors (Lipinski definition) is 1. The fraction of sp³-hybridized carbons (Fsp3) is 0.727. The standard InChI is InChI=1S/C11H19N3/c1-14-8-11(7-13-14)10-4-2-9(6-12)3-5-10/h7-10H,2-6,12H2,1H3. The minimum absolute atomic E-state index is 0.728. The lowest BCUT2D eigenvalue weighted by atomic mass is 9.80. The average molecular weight is 193 g/mol. The summed E-state index contributed by atoms with van der Waals surface area (Å²) >= 11 is 0. The Morgan fingerprint density at radius 1 is 1.43 bits per heavy atom. The Morgan fingerprint density at radius 3 is 2.64 bits per heavy atom. The molecular formula is C11H19N3. The van der Waals surface area contributed by atoms with E-state index in [-0.39, 0.29) is 0 Å². The third-order valence-corrected chi connectivity index (χ3v) is 3.38. The smallest absolute Gasteiger partial charge is 0.0524 e. The molecule has 0 amide bonds. The summed E-state index contributed by atoms with van der Waals surface area (Å²) in [5.74, 6) is 1.49. The molecule has 0 atom stereocenters. The molecule has 0 aliphatic heterocycles. The van der Waals surface area contributed by atoms with E-state index in [1.807, 2.05) is 17.9 Å². The van der Waals surface area contributed by atoms with Crippen molar-refractivity contribution in [2.45, 2.75) is 31.6 Å². The van der Waals surface area contributed by atoms with Gasteiger partial charge in [-0.05, 0) is 49.6 Å². The van der Waals surface area contributed by atoms with Crippen LogP contribution in [0.5, 0.6) is 0 Å². The Kier molecular flexibility index (Phi) is 2.87. The van der Waals surface area contributed by atoms with E-state index >= 15 is 0 Å². The first-order valence-electron chi connectivity index (χ1n) is 5.48. The zero-order valence-corrected chi connectivity index (χ0v) is 8.82.